The number of nitrogens with one attached hydrogen (secondary N) is 2. The van der Waals surface area contributed by atoms with E-state index in [0.717, 1.165) is 11.8 Å². The molecule has 0 spiro atoms. The maximum absolute atomic E-state index is 12.3. The number of nitrogens with zero attached hydrogens (tertiary/aromatic N) is 1. The molecule has 0 unspecified atom stereocenters. The lowest BCUT2D eigenvalue weighted by Gasteiger charge is -2.14. The lowest BCUT2D eigenvalue weighted by atomic mass is 10.1. The Morgan fingerprint density at radius 1 is 1.03 bits per heavy atom. The summed E-state index contributed by atoms with van der Waals surface area (Å²) in [6, 6.07) is 6.39. The standard InChI is InChI=1S/C19H19N3O7/c1-25-14-7-11(8-15(26-2)16(14)27-3)9-20-17(23)12-10-29-19(21-12)22-18(24)13-5-4-6-28-13/h4-8,10H,9H2,1-3H3,(H,20,23)(H,21,22,24). The zero-order valence-corrected chi connectivity index (χ0v) is 16.0. The highest BCUT2D eigenvalue weighted by Gasteiger charge is 2.17. The topological polar surface area (TPSA) is 125 Å². The largest absolute Gasteiger partial charge is 0.493 e. The molecule has 10 nitrogen and oxygen atoms in total. The molecule has 2 aromatic heterocycles. The van der Waals surface area contributed by atoms with Crippen molar-refractivity contribution in [2.75, 3.05) is 26.6 Å². The smallest absolute Gasteiger partial charge is 0.302 e. The minimum atomic E-state index is -0.541. The van der Waals surface area contributed by atoms with Gasteiger partial charge in [0.25, 0.3) is 11.8 Å². The van der Waals surface area contributed by atoms with Gasteiger partial charge in [-0.2, -0.15) is 4.98 Å². The third-order valence-electron chi connectivity index (χ3n) is 3.88. The van der Waals surface area contributed by atoms with Crippen molar-refractivity contribution < 1.29 is 32.6 Å². The van der Waals surface area contributed by atoms with Crippen LogP contribution in [0.25, 0.3) is 0 Å². The Balaban J connectivity index is 1.64. The first-order valence-electron chi connectivity index (χ1n) is 8.43. The van der Waals surface area contributed by atoms with Crippen LogP contribution in [0, 0.1) is 0 Å². The molecule has 10 heteroatoms. The normalized spacial score (nSPS) is 10.3. The van der Waals surface area contributed by atoms with Crippen molar-refractivity contribution in [2.24, 2.45) is 0 Å². The van der Waals surface area contributed by atoms with Crippen LogP contribution in [0.15, 0.2) is 45.6 Å². The molecule has 0 saturated heterocycles. The SMILES string of the molecule is COc1cc(CNC(=O)c2coc(NC(=O)c3ccco3)n2)cc(OC)c1OC. The quantitative estimate of drug-likeness (QED) is 0.590. The van der Waals surface area contributed by atoms with Crippen LogP contribution < -0.4 is 24.8 Å². The Labute approximate surface area is 165 Å². The first-order valence-corrected chi connectivity index (χ1v) is 8.43. The summed E-state index contributed by atoms with van der Waals surface area (Å²) in [5, 5.41) is 5.10. The Hall–Kier alpha value is -3.95. The number of hydrogen-bond acceptors (Lipinski definition) is 8. The molecule has 29 heavy (non-hydrogen) atoms. The number of anilines is 1. The Kier molecular flexibility index (Phi) is 6.03. The van der Waals surface area contributed by atoms with E-state index < -0.39 is 11.8 Å². The van der Waals surface area contributed by atoms with Gasteiger partial charge < -0.3 is 28.4 Å². The highest BCUT2D eigenvalue weighted by atomic mass is 16.5. The number of carbonyl (C=O) groups excluding carboxylic acids is 2. The molecule has 152 valence electrons. The maximum Gasteiger partial charge on any atom is 0.302 e. The lowest BCUT2D eigenvalue weighted by molar-refractivity contribution is 0.0944. The van der Waals surface area contributed by atoms with Gasteiger partial charge in [0.1, 0.15) is 6.26 Å². The molecule has 1 aromatic carbocycles. The molecule has 0 aliphatic carbocycles. The van der Waals surface area contributed by atoms with Gasteiger partial charge in [-0.25, -0.2) is 0 Å². The number of ether oxygens (including phenoxy) is 3. The second-order valence-electron chi connectivity index (χ2n) is 5.69. The minimum absolute atomic E-state index is 0.00665. The van der Waals surface area contributed by atoms with Gasteiger partial charge in [0.2, 0.25) is 5.75 Å². The average Bonchev–Trinajstić information content (AvgIpc) is 3.43. The number of rotatable bonds is 8. The molecular weight excluding hydrogens is 382 g/mol. The zero-order valence-electron chi connectivity index (χ0n) is 16.0. The second kappa shape index (κ2) is 8.83. The van der Waals surface area contributed by atoms with E-state index >= 15 is 0 Å². The summed E-state index contributed by atoms with van der Waals surface area (Å²) in [7, 11) is 4.52. The van der Waals surface area contributed by atoms with E-state index in [1.165, 1.54) is 33.7 Å². The van der Waals surface area contributed by atoms with Crippen LogP contribution in [0.5, 0.6) is 17.2 Å². The molecule has 0 bridgehead atoms. The van der Waals surface area contributed by atoms with Gasteiger partial charge in [-0.3, -0.25) is 14.9 Å². The highest BCUT2D eigenvalue weighted by molar-refractivity contribution is 6.01. The Bertz CT molecular complexity index is 970. The molecule has 0 saturated carbocycles. The van der Waals surface area contributed by atoms with Crippen molar-refractivity contribution in [1.82, 2.24) is 10.3 Å². The first-order chi connectivity index (χ1) is 14.0. The van der Waals surface area contributed by atoms with Gasteiger partial charge in [-0.1, -0.05) is 0 Å². The predicted octanol–water partition coefficient (Wildman–Crippen LogP) is 2.48. The molecule has 2 amide bonds. The highest BCUT2D eigenvalue weighted by Crippen LogP contribution is 2.38. The van der Waals surface area contributed by atoms with E-state index in [1.807, 2.05) is 0 Å². The van der Waals surface area contributed by atoms with Gasteiger partial charge in [0, 0.05) is 6.54 Å². The van der Waals surface area contributed by atoms with Gasteiger partial charge >= 0.3 is 6.01 Å². The van der Waals surface area contributed by atoms with Crippen LogP contribution in [-0.2, 0) is 6.54 Å². The van der Waals surface area contributed by atoms with Gasteiger partial charge in [0.15, 0.2) is 23.0 Å². The van der Waals surface area contributed by atoms with E-state index in [9.17, 15) is 9.59 Å². The molecule has 2 N–H and O–H groups in total. The van der Waals surface area contributed by atoms with E-state index in [-0.39, 0.29) is 24.0 Å². The van der Waals surface area contributed by atoms with Crippen molar-refractivity contribution in [2.45, 2.75) is 6.54 Å². The molecule has 3 aromatic rings. The fourth-order valence-electron chi connectivity index (χ4n) is 2.51. The average molecular weight is 401 g/mol. The van der Waals surface area contributed by atoms with E-state index in [4.69, 9.17) is 23.0 Å². The number of aromatic nitrogens is 1. The summed E-state index contributed by atoms with van der Waals surface area (Å²) in [4.78, 5) is 28.2. The molecular formula is C19H19N3O7. The van der Waals surface area contributed by atoms with Crippen molar-refractivity contribution in [3.63, 3.8) is 0 Å². The summed E-state index contributed by atoms with van der Waals surface area (Å²) in [5.74, 6) is 0.471. The fourth-order valence-corrected chi connectivity index (χ4v) is 2.51. The molecule has 0 atom stereocenters. The van der Waals surface area contributed by atoms with Crippen LogP contribution in [0.2, 0.25) is 0 Å². The van der Waals surface area contributed by atoms with Gasteiger partial charge in [-0.15, -0.1) is 0 Å². The van der Waals surface area contributed by atoms with Crippen LogP contribution in [0.1, 0.15) is 26.6 Å². The monoisotopic (exact) mass is 401 g/mol. The number of furan rings is 1. The maximum atomic E-state index is 12.3. The third-order valence-corrected chi connectivity index (χ3v) is 3.88. The van der Waals surface area contributed by atoms with Gasteiger partial charge in [-0.05, 0) is 29.8 Å². The Morgan fingerprint density at radius 3 is 2.34 bits per heavy atom. The molecule has 3 rings (SSSR count). The molecule has 0 radical (unpaired) electrons. The number of methoxy groups -OCH3 is 3. The van der Waals surface area contributed by atoms with E-state index in [0.29, 0.717) is 17.2 Å². The van der Waals surface area contributed by atoms with Crippen molar-refractivity contribution in [1.29, 1.82) is 0 Å². The van der Waals surface area contributed by atoms with Crippen LogP contribution >= 0.6 is 0 Å². The summed E-state index contributed by atoms with van der Waals surface area (Å²) >= 11 is 0. The zero-order chi connectivity index (χ0) is 20.8. The third kappa shape index (κ3) is 4.49. The van der Waals surface area contributed by atoms with Crippen LogP contribution in [0.3, 0.4) is 0 Å². The summed E-state index contributed by atoms with van der Waals surface area (Å²) < 4.78 is 25.9. The summed E-state index contributed by atoms with van der Waals surface area (Å²) in [6.07, 6.45) is 2.51. The van der Waals surface area contributed by atoms with Gasteiger partial charge in [0.05, 0.1) is 27.6 Å². The minimum Gasteiger partial charge on any atom is -0.493 e. The predicted molar refractivity (Wildman–Crippen MR) is 100 cm³/mol. The lowest BCUT2D eigenvalue weighted by Crippen LogP contribution is -2.23. The molecule has 2 heterocycles. The number of oxazole rings is 1. The van der Waals surface area contributed by atoms with Crippen LogP contribution in [0.4, 0.5) is 6.01 Å². The Morgan fingerprint density at radius 2 is 1.76 bits per heavy atom. The summed E-state index contributed by atoms with van der Waals surface area (Å²) in [6.45, 7) is 0.177. The number of hydrogen-bond donors (Lipinski definition) is 2. The number of amides is 2. The first kappa shape index (κ1) is 19.8. The molecule has 0 fully saturated rings. The number of carbonyl (C=O) groups is 2. The number of benzene rings is 1. The van der Waals surface area contributed by atoms with Crippen molar-refractivity contribution in [3.8, 4) is 17.2 Å². The molecule has 0 aliphatic rings. The van der Waals surface area contributed by atoms with E-state index in [1.54, 1.807) is 18.2 Å². The fraction of sp³-hybridized carbons (Fsp3) is 0.211. The van der Waals surface area contributed by atoms with Crippen molar-refractivity contribution >= 4 is 17.8 Å². The van der Waals surface area contributed by atoms with Crippen LogP contribution in [-0.4, -0.2) is 38.1 Å². The van der Waals surface area contributed by atoms with Crippen molar-refractivity contribution in [3.05, 3.63) is 53.8 Å². The van der Waals surface area contributed by atoms with E-state index in [2.05, 4.69) is 15.6 Å². The summed E-state index contributed by atoms with van der Waals surface area (Å²) in [5.41, 5.74) is 0.731. The second-order valence-corrected chi connectivity index (χ2v) is 5.69. The molecule has 0 aliphatic heterocycles.